The molecule has 0 bridgehead atoms. The molecule has 0 radical (unpaired) electrons. The molecule has 144 valence electrons. The average molecular weight is 417 g/mol. The van der Waals surface area contributed by atoms with Crippen molar-refractivity contribution in [3.63, 3.8) is 0 Å². The lowest BCUT2D eigenvalue weighted by Gasteiger charge is -2.13. The predicted octanol–water partition coefficient (Wildman–Crippen LogP) is 4.79. The number of halogens is 2. The molecule has 5 nitrogen and oxygen atoms in total. The molecule has 2 rings (SSSR count). The van der Waals surface area contributed by atoms with E-state index in [1.165, 1.54) is 19.3 Å². The number of carbonyl (C=O) groups excluding carboxylic acids is 1. The molecule has 0 heterocycles. The molecular formula is C21H18Cl2N2O3. The first-order valence-electron chi connectivity index (χ1n) is 8.24. The lowest BCUT2D eigenvalue weighted by atomic mass is 10.1. The summed E-state index contributed by atoms with van der Waals surface area (Å²) in [5.74, 6) is 0.445. The van der Waals surface area contributed by atoms with Crippen LogP contribution >= 0.6 is 23.2 Å². The van der Waals surface area contributed by atoms with E-state index < -0.39 is 5.91 Å². The van der Waals surface area contributed by atoms with Gasteiger partial charge in [-0.05, 0) is 35.9 Å². The summed E-state index contributed by atoms with van der Waals surface area (Å²) in [5.41, 5.74) is 1.26. The normalized spacial score (nSPS) is 10.7. The fourth-order valence-corrected chi connectivity index (χ4v) is 2.80. The number of benzene rings is 2. The van der Waals surface area contributed by atoms with E-state index in [0.29, 0.717) is 32.7 Å². The van der Waals surface area contributed by atoms with Gasteiger partial charge in [0.05, 0.1) is 7.11 Å². The number of methoxy groups -OCH3 is 1. The Morgan fingerprint density at radius 3 is 2.57 bits per heavy atom. The lowest BCUT2D eigenvalue weighted by Crippen LogP contribution is -2.24. The van der Waals surface area contributed by atoms with Crippen molar-refractivity contribution in [3.8, 4) is 17.6 Å². The molecule has 0 aliphatic rings. The number of nitrogens with one attached hydrogen (secondary N) is 1. The summed E-state index contributed by atoms with van der Waals surface area (Å²) in [6, 6.07) is 12.2. The average Bonchev–Trinajstić information content (AvgIpc) is 2.70. The minimum absolute atomic E-state index is 0.0274. The highest BCUT2D eigenvalue weighted by molar-refractivity contribution is 6.35. The van der Waals surface area contributed by atoms with Gasteiger partial charge in [-0.15, -0.1) is 6.58 Å². The molecule has 2 aromatic carbocycles. The van der Waals surface area contributed by atoms with E-state index in [1.54, 1.807) is 36.4 Å². The number of nitriles is 1. The number of nitrogens with zero attached hydrogens (tertiary/aromatic N) is 1. The van der Waals surface area contributed by atoms with Gasteiger partial charge in [0.25, 0.3) is 5.91 Å². The van der Waals surface area contributed by atoms with E-state index in [0.717, 1.165) is 0 Å². The molecule has 0 aliphatic carbocycles. The highest BCUT2D eigenvalue weighted by atomic mass is 35.5. The van der Waals surface area contributed by atoms with Crippen LogP contribution in [0, 0.1) is 11.3 Å². The first-order valence-corrected chi connectivity index (χ1v) is 9.00. The quantitative estimate of drug-likeness (QED) is 0.381. The van der Waals surface area contributed by atoms with Crippen LogP contribution in [0.5, 0.6) is 11.5 Å². The van der Waals surface area contributed by atoms with Crippen molar-refractivity contribution in [2.24, 2.45) is 0 Å². The summed E-state index contributed by atoms with van der Waals surface area (Å²) in [6.45, 7) is 3.96. The van der Waals surface area contributed by atoms with Gasteiger partial charge in [-0.2, -0.15) is 5.26 Å². The van der Waals surface area contributed by atoms with Crippen molar-refractivity contribution in [3.05, 3.63) is 75.8 Å². The fourth-order valence-electron chi connectivity index (χ4n) is 2.29. The highest BCUT2D eigenvalue weighted by Gasteiger charge is 2.12. The zero-order valence-electron chi connectivity index (χ0n) is 15.2. The number of rotatable bonds is 8. The van der Waals surface area contributed by atoms with Crippen molar-refractivity contribution in [1.82, 2.24) is 5.32 Å². The summed E-state index contributed by atoms with van der Waals surface area (Å²) in [4.78, 5) is 12.0. The molecule has 1 N–H and O–H groups in total. The predicted molar refractivity (Wildman–Crippen MR) is 111 cm³/mol. The molecule has 1 amide bonds. The van der Waals surface area contributed by atoms with Gasteiger partial charge in [-0.25, -0.2) is 0 Å². The maximum Gasteiger partial charge on any atom is 0.262 e. The highest BCUT2D eigenvalue weighted by Crippen LogP contribution is 2.32. The van der Waals surface area contributed by atoms with Gasteiger partial charge >= 0.3 is 0 Å². The maximum atomic E-state index is 12.0. The van der Waals surface area contributed by atoms with Gasteiger partial charge in [-0.3, -0.25) is 4.79 Å². The molecular weight excluding hydrogens is 399 g/mol. The number of ether oxygens (including phenoxy) is 2. The van der Waals surface area contributed by atoms with E-state index in [4.69, 9.17) is 32.7 Å². The zero-order valence-corrected chi connectivity index (χ0v) is 16.7. The van der Waals surface area contributed by atoms with E-state index >= 15 is 0 Å². The van der Waals surface area contributed by atoms with Gasteiger partial charge in [0.1, 0.15) is 18.2 Å². The van der Waals surface area contributed by atoms with E-state index in [9.17, 15) is 10.1 Å². The summed E-state index contributed by atoms with van der Waals surface area (Å²) in [6.07, 6.45) is 3.00. The van der Waals surface area contributed by atoms with Crippen molar-refractivity contribution >= 4 is 35.2 Å². The molecule has 0 saturated carbocycles. The third-order valence-corrected chi connectivity index (χ3v) is 4.41. The Morgan fingerprint density at radius 2 is 1.96 bits per heavy atom. The maximum absolute atomic E-state index is 12.0. The van der Waals surface area contributed by atoms with Crippen LogP contribution in [0.15, 0.2) is 54.6 Å². The minimum Gasteiger partial charge on any atom is -0.493 e. The Balaban J connectivity index is 2.22. The third-order valence-electron chi connectivity index (χ3n) is 3.70. The van der Waals surface area contributed by atoms with Crippen LogP contribution in [-0.2, 0) is 11.4 Å². The smallest absolute Gasteiger partial charge is 0.262 e. The molecule has 0 aliphatic heterocycles. The van der Waals surface area contributed by atoms with Crippen LogP contribution in [0.25, 0.3) is 6.08 Å². The molecule has 0 unspecified atom stereocenters. The van der Waals surface area contributed by atoms with Crippen LogP contribution in [0.3, 0.4) is 0 Å². The van der Waals surface area contributed by atoms with Crippen LogP contribution in [-0.4, -0.2) is 19.6 Å². The molecule has 28 heavy (non-hydrogen) atoms. The molecule has 0 atom stereocenters. The standard InChI is InChI=1S/C21H18Cl2N2O3/c1-3-9-25-21(26)15(12-24)10-14-7-8-19(20(11-14)27-2)28-13-16-17(22)5-4-6-18(16)23/h3-8,10-11H,1,9,13H2,2H3,(H,25,26)/b15-10-. The summed E-state index contributed by atoms with van der Waals surface area (Å²) < 4.78 is 11.2. The van der Waals surface area contributed by atoms with Gasteiger partial charge in [-0.1, -0.05) is 41.4 Å². The van der Waals surface area contributed by atoms with Gasteiger partial charge in [0.2, 0.25) is 0 Å². The van der Waals surface area contributed by atoms with Crippen LogP contribution in [0.1, 0.15) is 11.1 Å². The number of hydrogen-bond acceptors (Lipinski definition) is 4. The molecule has 7 heteroatoms. The lowest BCUT2D eigenvalue weighted by molar-refractivity contribution is -0.116. The second kappa shape index (κ2) is 10.4. The van der Waals surface area contributed by atoms with Crippen LogP contribution in [0.4, 0.5) is 0 Å². The Kier molecular flexibility index (Phi) is 7.94. The minimum atomic E-state index is -0.477. The SMILES string of the molecule is C=CCNC(=O)/C(C#N)=C\c1ccc(OCc2c(Cl)cccc2Cl)c(OC)c1. The van der Waals surface area contributed by atoms with Gasteiger partial charge in [0.15, 0.2) is 11.5 Å². The third kappa shape index (κ3) is 5.53. The van der Waals surface area contributed by atoms with Crippen LogP contribution in [0.2, 0.25) is 10.0 Å². The first kappa shape index (κ1) is 21.4. The number of amides is 1. The molecule has 0 aromatic heterocycles. The van der Waals surface area contributed by atoms with Crippen molar-refractivity contribution < 1.29 is 14.3 Å². The number of carbonyl (C=O) groups is 1. The van der Waals surface area contributed by atoms with Crippen molar-refractivity contribution in [2.45, 2.75) is 6.61 Å². The van der Waals surface area contributed by atoms with Crippen molar-refractivity contribution in [1.29, 1.82) is 5.26 Å². The van der Waals surface area contributed by atoms with E-state index in [1.807, 2.05) is 6.07 Å². The Bertz CT molecular complexity index is 929. The molecule has 2 aromatic rings. The Morgan fingerprint density at radius 1 is 1.25 bits per heavy atom. The van der Waals surface area contributed by atoms with Gasteiger partial charge in [0, 0.05) is 22.2 Å². The number of hydrogen-bond donors (Lipinski definition) is 1. The van der Waals surface area contributed by atoms with Crippen LogP contribution < -0.4 is 14.8 Å². The monoisotopic (exact) mass is 416 g/mol. The second-order valence-corrected chi connectivity index (χ2v) is 6.38. The molecule has 0 fully saturated rings. The topological polar surface area (TPSA) is 71.4 Å². The second-order valence-electron chi connectivity index (χ2n) is 5.57. The molecule has 0 spiro atoms. The Hall–Kier alpha value is -2.94. The zero-order chi connectivity index (χ0) is 20.5. The van der Waals surface area contributed by atoms with E-state index in [2.05, 4.69) is 11.9 Å². The van der Waals surface area contributed by atoms with E-state index in [-0.39, 0.29) is 18.7 Å². The first-order chi connectivity index (χ1) is 13.5. The Labute approximate surface area is 173 Å². The summed E-state index contributed by atoms with van der Waals surface area (Å²) in [5, 5.41) is 12.8. The summed E-state index contributed by atoms with van der Waals surface area (Å²) in [7, 11) is 1.50. The van der Waals surface area contributed by atoms with Gasteiger partial charge < -0.3 is 14.8 Å². The fraction of sp³-hybridized carbons (Fsp3) is 0.143. The molecule has 0 saturated heterocycles. The summed E-state index contributed by atoms with van der Waals surface area (Å²) >= 11 is 12.3. The largest absolute Gasteiger partial charge is 0.493 e. The van der Waals surface area contributed by atoms with Crippen molar-refractivity contribution in [2.75, 3.05) is 13.7 Å².